The zero-order valence-electron chi connectivity index (χ0n) is 18.0. The first kappa shape index (κ1) is 21.6. The van der Waals surface area contributed by atoms with Crippen LogP contribution in [-0.2, 0) is 4.79 Å². The maximum absolute atomic E-state index is 14.0. The van der Waals surface area contributed by atoms with Gasteiger partial charge in [0.2, 0.25) is 0 Å². The third-order valence-corrected chi connectivity index (χ3v) is 7.61. The number of nitrogens with one attached hydrogen (secondary N) is 1. The zero-order valence-corrected chi connectivity index (χ0v) is 18.8. The van der Waals surface area contributed by atoms with E-state index in [-0.39, 0.29) is 23.7 Å². The third kappa shape index (κ3) is 4.40. The van der Waals surface area contributed by atoms with Gasteiger partial charge in [-0.15, -0.1) is 0 Å². The van der Waals surface area contributed by atoms with Crippen molar-refractivity contribution in [3.05, 3.63) is 64.3 Å². The molecular weight excluding hydrogens is 411 g/mol. The van der Waals surface area contributed by atoms with Crippen LogP contribution >= 0.6 is 11.8 Å². The quantitative estimate of drug-likeness (QED) is 0.645. The Hall–Kier alpha value is -2.60. The summed E-state index contributed by atoms with van der Waals surface area (Å²) in [5.41, 5.74) is 1.62. The number of rotatable bonds is 3. The van der Waals surface area contributed by atoms with Crippen LogP contribution in [0.2, 0.25) is 0 Å². The second kappa shape index (κ2) is 8.87. The van der Waals surface area contributed by atoms with Crippen LogP contribution in [-0.4, -0.2) is 24.9 Å². The van der Waals surface area contributed by atoms with Gasteiger partial charge >= 0.3 is 0 Å². The van der Waals surface area contributed by atoms with E-state index in [2.05, 4.69) is 19.2 Å². The summed E-state index contributed by atoms with van der Waals surface area (Å²) in [6.45, 7) is 4.44. The number of carbonyl (C=O) groups is 2. The van der Waals surface area contributed by atoms with E-state index in [1.54, 1.807) is 43.5 Å². The molecule has 0 aromatic heterocycles. The number of likely N-dealkylation sites (N-methyl/N-ethyl adjacent to an activating group) is 1. The third-order valence-electron chi connectivity index (χ3n) is 6.53. The predicted octanol–water partition coefficient (Wildman–Crippen LogP) is 5.49. The van der Waals surface area contributed by atoms with Gasteiger partial charge in [0.25, 0.3) is 11.8 Å². The lowest BCUT2D eigenvalue weighted by Crippen LogP contribution is -2.43. The summed E-state index contributed by atoms with van der Waals surface area (Å²) in [5, 5.41) is 3.19. The van der Waals surface area contributed by atoms with E-state index in [1.165, 1.54) is 29.1 Å². The van der Waals surface area contributed by atoms with Crippen LogP contribution in [0.4, 0.5) is 10.1 Å². The number of hydrogen-bond acceptors (Lipinski definition) is 3. The maximum Gasteiger partial charge on any atom is 0.264 e. The summed E-state index contributed by atoms with van der Waals surface area (Å²) in [5.74, 6) is 0.360. The van der Waals surface area contributed by atoms with Crippen LogP contribution in [0, 0.1) is 17.7 Å². The van der Waals surface area contributed by atoms with Crippen LogP contribution in [0.25, 0.3) is 6.08 Å². The van der Waals surface area contributed by atoms with Gasteiger partial charge in [-0.25, -0.2) is 4.39 Å². The van der Waals surface area contributed by atoms with E-state index in [9.17, 15) is 14.0 Å². The molecule has 2 aromatic rings. The van der Waals surface area contributed by atoms with E-state index >= 15 is 0 Å². The minimum Gasteiger partial charge on any atom is -0.349 e. The zero-order chi connectivity index (χ0) is 22.1. The van der Waals surface area contributed by atoms with E-state index in [1.807, 2.05) is 6.07 Å². The molecule has 2 aromatic carbocycles. The number of hydrogen-bond donors (Lipinski definition) is 1. The van der Waals surface area contributed by atoms with Crippen molar-refractivity contribution in [1.29, 1.82) is 0 Å². The molecule has 1 aliphatic heterocycles. The number of anilines is 1. The van der Waals surface area contributed by atoms with E-state index in [4.69, 9.17) is 0 Å². The lowest BCUT2D eigenvalue weighted by atomic mass is 9.78. The van der Waals surface area contributed by atoms with Gasteiger partial charge in [-0.2, -0.15) is 0 Å². The molecule has 2 amide bonds. The van der Waals surface area contributed by atoms with Crippen molar-refractivity contribution in [2.75, 3.05) is 11.9 Å². The van der Waals surface area contributed by atoms with Gasteiger partial charge in [-0.1, -0.05) is 56.7 Å². The normalized spacial score (nSPS) is 24.8. The number of fused-ring (bicyclic) bond motifs is 1. The van der Waals surface area contributed by atoms with E-state index in [0.717, 1.165) is 17.7 Å². The van der Waals surface area contributed by atoms with Crippen LogP contribution in [0.15, 0.2) is 52.3 Å². The molecule has 0 spiro atoms. The summed E-state index contributed by atoms with van der Waals surface area (Å²) in [4.78, 5) is 28.6. The maximum atomic E-state index is 14.0. The highest BCUT2D eigenvalue weighted by molar-refractivity contribution is 8.04. The summed E-state index contributed by atoms with van der Waals surface area (Å²) >= 11 is 1.30. The van der Waals surface area contributed by atoms with Crippen LogP contribution in [0.5, 0.6) is 0 Å². The SMILES string of the molecule is C[C@H]1[C@H](C)CCC[C@H]1NC(=O)c1ccc2c(c1)N(C)C(=O)/C(=C/c1ccccc1F)S2. The molecular formula is C25H27FN2O2S. The number of benzene rings is 2. The lowest BCUT2D eigenvalue weighted by Gasteiger charge is -2.34. The van der Waals surface area contributed by atoms with Crippen molar-refractivity contribution < 1.29 is 14.0 Å². The largest absolute Gasteiger partial charge is 0.349 e. The molecule has 2 aliphatic rings. The number of amides is 2. The molecule has 4 rings (SSSR count). The fourth-order valence-electron chi connectivity index (χ4n) is 4.31. The van der Waals surface area contributed by atoms with Crippen LogP contribution < -0.4 is 10.2 Å². The molecule has 4 nitrogen and oxygen atoms in total. The van der Waals surface area contributed by atoms with Crippen molar-refractivity contribution in [1.82, 2.24) is 5.32 Å². The number of thioether (sulfide) groups is 1. The Labute approximate surface area is 186 Å². The van der Waals surface area contributed by atoms with Crippen molar-refractivity contribution >= 4 is 35.3 Å². The highest BCUT2D eigenvalue weighted by Crippen LogP contribution is 2.42. The molecule has 6 heteroatoms. The molecule has 1 N–H and O–H groups in total. The van der Waals surface area contributed by atoms with Gasteiger partial charge in [0, 0.05) is 29.1 Å². The van der Waals surface area contributed by atoms with E-state index < -0.39 is 0 Å². The molecule has 0 bridgehead atoms. The fraction of sp³-hybridized carbons (Fsp3) is 0.360. The molecule has 1 aliphatic carbocycles. The van der Waals surface area contributed by atoms with Crippen LogP contribution in [0.3, 0.4) is 0 Å². The summed E-state index contributed by atoms with van der Waals surface area (Å²) < 4.78 is 14.0. The summed E-state index contributed by atoms with van der Waals surface area (Å²) in [6, 6.07) is 12.0. The number of carbonyl (C=O) groups excluding carboxylic acids is 2. The average Bonchev–Trinajstić information content (AvgIpc) is 2.76. The van der Waals surface area contributed by atoms with Gasteiger partial charge in [0.15, 0.2) is 0 Å². The Morgan fingerprint density at radius 2 is 1.97 bits per heavy atom. The highest BCUT2D eigenvalue weighted by Gasteiger charge is 2.30. The van der Waals surface area contributed by atoms with Gasteiger partial charge in [-0.05, 0) is 48.6 Å². The molecule has 1 saturated carbocycles. The molecule has 0 unspecified atom stereocenters. The minimum absolute atomic E-state index is 0.104. The van der Waals surface area contributed by atoms with Crippen molar-refractivity contribution in [3.63, 3.8) is 0 Å². The number of halogens is 1. The first-order valence-corrected chi connectivity index (χ1v) is 11.5. The van der Waals surface area contributed by atoms with Crippen molar-refractivity contribution in [2.24, 2.45) is 11.8 Å². The molecule has 0 radical (unpaired) electrons. The highest BCUT2D eigenvalue weighted by atomic mass is 32.2. The monoisotopic (exact) mass is 438 g/mol. The molecule has 0 saturated heterocycles. The van der Waals surface area contributed by atoms with E-state index in [0.29, 0.717) is 33.6 Å². The molecule has 31 heavy (non-hydrogen) atoms. The fourth-order valence-corrected chi connectivity index (χ4v) is 5.39. The Bertz CT molecular complexity index is 1050. The first-order chi connectivity index (χ1) is 14.8. The Morgan fingerprint density at radius 3 is 2.74 bits per heavy atom. The van der Waals surface area contributed by atoms with Gasteiger partial charge in [0.1, 0.15) is 5.82 Å². The molecule has 3 atom stereocenters. The van der Waals surface area contributed by atoms with Gasteiger partial charge < -0.3 is 10.2 Å². The molecule has 162 valence electrons. The summed E-state index contributed by atoms with van der Waals surface area (Å²) in [6.07, 6.45) is 4.92. The molecule has 1 heterocycles. The van der Waals surface area contributed by atoms with Crippen molar-refractivity contribution in [2.45, 2.75) is 44.0 Å². The van der Waals surface area contributed by atoms with Crippen molar-refractivity contribution in [3.8, 4) is 0 Å². The second-order valence-corrected chi connectivity index (χ2v) is 9.61. The Morgan fingerprint density at radius 1 is 1.19 bits per heavy atom. The summed E-state index contributed by atoms with van der Waals surface area (Å²) in [7, 11) is 1.68. The first-order valence-electron chi connectivity index (χ1n) is 10.7. The topological polar surface area (TPSA) is 49.4 Å². The Kier molecular flexibility index (Phi) is 6.19. The lowest BCUT2D eigenvalue weighted by molar-refractivity contribution is -0.114. The van der Waals surface area contributed by atoms with Gasteiger partial charge in [-0.3, -0.25) is 9.59 Å². The smallest absolute Gasteiger partial charge is 0.264 e. The number of nitrogens with zero attached hydrogens (tertiary/aromatic N) is 1. The standard InChI is InChI=1S/C25H27FN2O2S/c1-15-7-6-10-20(16(15)2)27-24(29)18-11-12-22-21(13-18)28(3)25(30)23(31-22)14-17-8-4-5-9-19(17)26/h4-5,8-9,11-16,20H,6-7,10H2,1-3H3,(H,27,29)/b23-14-/t15-,16+,20-/m1/s1. The Balaban J connectivity index is 1.56. The van der Waals surface area contributed by atoms with Crippen LogP contribution in [0.1, 0.15) is 49.0 Å². The average molecular weight is 439 g/mol. The van der Waals surface area contributed by atoms with Gasteiger partial charge in [0.05, 0.1) is 10.6 Å². The molecule has 1 fully saturated rings. The minimum atomic E-state index is -0.366. The predicted molar refractivity (Wildman–Crippen MR) is 124 cm³/mol. The second-order valence-electron chi connectivity index (χ2n) is 8.53.